The maximum atomic E-state index is 12.4. The molecular formula is C19H18N4O3S2. The number of aryl methyl sites for hydroxylation is 3. The standard InChI is InChI=1S/C19H18N4O3S2/c1-11-6-7-12(23(25)26)8-14(11)22-16(24)9-27-18-17-13-4-2-3-5-15(13)28-19(17)21-10-20-18/h6-8,10H,2-5,9H2,1H3,(H,22,24). The monoisotopic (exact) mass is 414 g/mol. The molecule has 7 nitrogen and oxygen atoms in total. The fourth-order valence-corrected chi connectivity index (χ4v) is 5.47. The lowest BCUT2D eigenvalue weighted by Crippen LogP contribution is -2.15. The first-order chi connectivity index (χ1) is 13.5. The van der Waals surface area contributed by atoms with E-state index in [0.29, 0.717) is 5.69 Å². The van der Waals surface area contributed by atoms with Crippen molar-refractivity contribution in [3.63, 3.8) is 0 Å². The lowest BCUT2D eigenvalue weighted by Gasteiger charge is -2.11. The molecule has 0 saturated carbocycles. The summed E-state index contributed by atoms with van der Waals surface area (Å²) in [5, 5.41) is 15.6. The van der Waals surface area contributed by atoms with Crippen LogP contribution in [0.2, 0.25) is 0 Å². The van der Waals surface area contributed by atoms with Crippen molar-refractivity contribution in [3.8, 4) is 0 Å². The number of hydrogen-bond donors (Lipinski definition) is 1. The van der Waals surface area contributed by atoms with Gasteiger partial charge in [0.15, 0.2) is 0 Å². The highest BCUT2D eigenvalue weighted by Crippen LogP contribution is 2.39. The molecule has 0 bridgehead atoms. The van der Waals surface area contributed by atoms with Gasteiger partial charge in [-0.3, -0.25) is 14.9 Å². The number of nitrogens with one attached hydrogen (secondary N) is 1. The first-order valence-corrected chi connectivity index (χ1v) is 10.8. The zero-order valence-corrected chi connectivity index (χ0v) is 16.9. The third kappa shape index (κ3) is 3.72. The molecule has 0 spiro atoms. The molecule has 1 N–H and O–H groups in total. The quantitative estimate of drug-likeness (QED) is 0.285. The molecule has 9 heteroatoms. The van der Waals surface area contributed by atoms with Gasteiger partial charge < -0.3 is 5.32 Å². The van der Waals surface area contributed by atoms with E-state index >= 15 is 0 Å². The Morgan fingerprint density at radius 1 is 1.32 bits per heavy atom. The maximum Gasteiger partial charge on any atom is 0.271 e. The van der Waals surface area contributed by atoms with Gasteiger partial charge in [0.2, 0.25) is 5.91 Å². The number of amides is 1. The Bertz CT molecular complexity index is 1080. The number of fused-ring (bicyclic) bond motifs is 3. The summed E-state index contributed by atoms with van der Waals surface area (Å²) < 4.78 is 0. The molecule has 0 fully saturated rings. The summed E-state index contributed by atoms with van der Waals surface area (Å²) >= 11 is 3.11. The second-order valence-corrected chi connectivity index (χ2v) is 8.71. The molecule has 144 valence electrons. The number of nitro groups is 1. The third-order valence-corrected chi connectivity index (χ3v) is 6.95. The number of thiophene rings is 1. The second kappa shape index (κ2) is 7.84. The van der Waals surface area contributed by atoms with Crippen molar-refractivity contribution in [1.82, 2.24) is 9.97 Å². The first kappa shape index (κ1) is 18.8. The van der Waals surface area contributed by atoms with Crippen LogP contribution in [0.1, 0.15) is 28.8 Å². The number of carbonyl (C=O) groups is 1. The Balaban J connectivity index is 1.51. The fourth-order valence-electron chi connectivity index (χ4n) is 3.35. The Morgan fingerprint density at radius 3 is 2.96 bits per heavy atom. The molecule has 3 aromatic rings. The van der Waals surface area contributed by atoms with Crippen LogP contribution in [0.5, 0.6) is 0 Å². The van der Waals surface area contributed by atoms with Crippen LogP contribution >= 0.6 is 23.1 Å². The number of anilines is 1. The van der Waals surface area contributed by atoms with Gasteiger partial charge in [-0.2, -0.15) is 0 Å². The van der Waals surface area contributed by atoms with Gasteiger partial charge in [0.05, 0.1) is 16.4 Å². The van der Waals surface area contributed by atoms with Crippen LogP contribution < -0.4 is 5.32 Å². The van der Waals surface area contributed by atoms with Crippen LogP contribution in [-0.2, 0) is 17.6 Å². The lowest BCUT2D eigenvalue weighted by molar-refractivity contribution is -0.384. The summed E-state index contributed by atoms with van der Waals surface area (Å²) in [6.07, 6.45) is 6.06. The molecule has 0 saturated heterocycles. The van der Waals surface area contributed by atoms with Crippen molar-refractivity contribution >= 4 is 50.6 Å². The molecule has 28 heavy (non-hydrogen) atoms. The minimum Gasteiger partial charge on any atom is -0.325 e. The average Bonchev–Trinajstić information content (AvgIpc) is 3.07. The molecule has 1 aromatic carbocycles. The minimum atomic E-state index is -0.471. The topological polar surface area (TPSA) is 98.0 Å². The summed E-state index contributed by atoms with van der Waals surface area (Å²) in [5.74, 6) is -0.0387. The zero-order chi connectivity index (χ0) is 19.7. The van der Waals surface area contributed by atoms with E-state index in [0.717, 1.165) is 33.6 Å². The largest absolute Gasteiger partial charge is 0.325 e. The van der Waals surface area contributed by atoms with Gasteiger partial charge in [0.1, 0.15) is 16.2 Å². The highest BCUT2D eigenvalue weighted by Gasteiger charge is 2.20. The molecule has 0 atom stereocenters. The van der Waals surface area contributed by atoms with Crippen LogP contribution in [0, 0.1) is 17.0 Å². The number of hydrogen-bond acceptors (Lipinski definition) is 7. The molecule has 1 aliphatic rings. The highest BCUT2D eigenvalue weighted by atomic mass is 32.2. The molecule has 4 rings (SSSR count). The molecular weight excluding hydrogens is 396 g/mol. The van der Waals surface area contributed by atoms with E-state index in [1.54, 1.807) is 30.7 Å². The minimum absolute atomic E-state index is 0.0454. The maximum absolute atomic E-state index is 12.4. The summed E-state index contributed by atoms with van der Waals surface area (Å²) in [7, 11) is 0. The first-order valence-electron chi connectivity index (χ1n) is 8.96. The number of carbonyl (C=O) groups excluding carboxylic acids is 1. The van der Waals surface area contributed by atoms with E-state index in [1.165, 1.54) is 47.2 Å². The SMILES string of the molecule is Cc1ccc([N+](=O)[O-])cc1NC(=O)CSc1ncnc2sc3c(c12)CCCC3. The number of nitrogens with zero attached hydrogens (tertiary/aromatic N) is 3. The predicted octanol–water partition coefficient (Wildman–Crippen LogP) is 4.52. The van der Waals surface area contributed by atoms with Crippen molar-refractivity contribution < 1.29 is 9.72 Å². The number of benzene rings is 1. The van der Waals surface area contributed by atoms with Crippen LogP contribution in [0.25, 0.3) is 10.2 Å². The van der Waals surface area contributed by atoms with Gasteiger partial charge in [0.25, 0.3) is 5.69 Å². The summed E-state index contributed by atoms with van der Waals surface area (Å²) in [6, 6.07) is 4.44. The number of rotatable bonds is 5. The molecule has 0 aliphatic heterocycles. The van der Waals surface area contributed by atoms with Crippen LogP contribution in [0.4, 0.5) is 11.4 Å². The van der Waals surface area contributed by atoms with Crippen molar-refractivity contribution in [3.05, 3.63) is 50.6 Å². The number of nitro benzene ring substituents is 1. The van der Waals surface area contributed by atoms with E-state index in [9.17, 15) is 14.9 Å². The van der Waals surface area contributed by atoms with E-state index in [4.69, 9.17) is 0 Å². The number of non-ortho nitro benzene ring substituents is 1. The van der Waals surface area contributed by atoms with Crippen LogP contribution in [-0.4, -0.2) is 26.6 Å². The molecule has 2 aromatic heterocycles. The van der Waals surface area contributed by atoms with Gasteiger partial charge in [-0.25, -0.2) is 9.97 Å². The molecule has 1 aliphatic carbocycles. The van der Waals surface area contributed by atoms with E-state index in [2.05, 4.69) is 15.3 Å². The lowest BCUT2D eigenvalue weighted by atomic mass is 9.97. The van der Waals surface area contributed by atoms with E-state index < -0.39 is 4.92 Å². The van der Waals surface area contributed by atoms with Crippen molar-refractivity contribution in [1.29, 1.82) is 0 Å². The predicted molar refractivity (Wildman–Crippen MR) is 111 cm³/mol. The van der Waals surface area contributed by atoms with Gasteiger partial charge in [-0.05, 0) is 43.7 Å². The smallest absolute Gasteiger partial charge is 0.271 e. The molecule has 2 heterocycles. The van der Waals surface area contributed by atoms with Gasteiger partial charge in [-0.15, -0.1) is 11.3 Å². The average molecular weight is 415 g/mol. The summed E-state index contributed by atoms with van der Waals surface area (Å²) in [4.78, 5) is 34.1. The second-order valence-electron chi connectivity index (χ2n) is 6.66. The molecule has 1 amide bonds. The van der Waals surface area contributed by atoms with Gasteiger partial charge >= 0.3 is 0 Å². The normalized spacial score (nSPS) is 13.3. The van der Waals surface area contributed by atoms with Crippen LogP contribution in [0.15, 0.2) is 29.6 Å². The molecule has 0 unspecified atom stereocenters. The van der Waals surface area contributed by atoms with E-state index in [-0.39, 0.29) is 17.3 Å². The Hall–Kier alpha value is -2.52. The van der Waals surface area contributed by atoms with Crippen molar-refractivity contribution in [2.75, 3.05) is 11.1 Å². The highest BCUT2D eigenvalue weighted by molar-refractivity contribution is 8.00. The summed E-state index contributed by atoms with van der Waals surface area (Å²) in [5.41, 5.74) is 2.53. The van der Waals surface area contributed by atoms with Crippen molar-refractivity contribution in [2.24, 2.45) is 0 Å². The molecule has 0 radical (unpaired) electrons. The Labute approximate surface area is 169 Å². The van der Waals surface area contributed by atoms with Gasteiger partial charge in [-0.1, -0.05) is 17.8 Å². The fraction of sp³-hybridized carbons (Fsp3) is 0.316. The van der Waals surface area contributed by atoms with E-state index in [1.807, 2.05) is 0 Å². The number of thioether (sulfide) groups is 1. The summed E-state index contributed by atoms with van der Waals surface area (Å²) in [6.45, 7) is 1.80. The number of aromatic nitrogens is 2. The third-order valence-electron chi connectivity index (χ3n) is 4.76. The van der Waals surface area contributed by atoms with Crippen LogP contribution in [0.3, 0.4) is 0 Å². The Morgan fingerprint density at radius 2 is 2.14 bits per heavy atom. The Kier molecular flexibility index (Phi) is 5.27. The zero-order valence-electron chi connectivity index (χ0n) is 15.2. The van der Waals surface area contributed by atoms with Crippen molar-refractivity contribution in [2.45, 2.75) is 37.6 Å². The van der Waals surface area contributed by atoms with Gasteiger partial charge in [0, 0.05) is 22.4 Å².